The van der Waals surface area contributed by atoms with Gasteiger partial charge >= 0.3 is 7.69 Å². The summed E-state index contributed by atoms with van der Waals surface area (Å²) in [7, 11) is -0.750. The van der Waals surface area contributed by atoms with Crippen LogP contribution in [0.5, 0.6) is 0 Å². The number of hydrogen-bond donors (Lipinski definition) is 2. The van der Waals surface area contributed by atoms with Gasteiger partial charge in [-0.2, -0.15) is 0 Å². The Kier molecular flexibility index (Phi) is 9.29. The van der Waals surface area contributed by atoms with Crippen LogP contribution in [-0.2, 0) is 6.54 Å². The van der Waals surface area contributed by atoms with Crippen LogP contribution in [0.15, 0.2) is 48.5 Å². The van der Waals surface area contributed by atoms with E-state index in [1.807, 2.05) is 0 Å². The summed E-state index contributed by atoms with van der Waals surface area (Å²) in [5.41, 5.74) is 2.77. The molecule has 0 saturated heterocycles. The molecule has 3 nitrogen and oxygen atoms in total. The van der Waals surface area contributed by atoms with Gasteiger partial charge in [-0.25, -0.2) is 0 Å². The first-order valence-electron chi connectivity index (χ1n) is 10.0. The predicted octanol–water partition coefficient (Wildman–Crippen LogP) is 5.17. The summed E-state index contributed by atoms with van der Waals surface area (Å²) >= 11 is 0. The first-order valence-corrected chi connectivity index (χ1v) is 10.0. The third-order valence-corrected chi connectivity index (χ3v) is 4.92. The fourth-order valence-corrected chi connectivity index (χ4v) is 3.65. The highest BCUT2D eigenvalue weighted by atomic mass is 16.4. The summed E-state index contributed by atoms with van der Waals surface area (Å²) in [6, 6.07) is 17.6. The number of aryl methyl sites for hydroxylation is 1. The smallest absolute Gasteiger partial charge is 0.430 e. The number of fused-ring (bicyclic) bond motifs is 3. The second kappa shape index (κ2) is 11.8. The zero-order chi connectivity index (χ0) is 18.6. The molecule has 0 atom stereocenters. The number of aromatic nitrogens is 1. The molecule has 0 spiro atoms. The standard InChI is InChI=1S/C22H29N.BH3O2/c1-2-3-4-5-6-7-8-13-18-23-21-16-11-9-14-19(21)20-15-10-12-17-22(20)23;2-1-3/h9-12,14-17H,2-8,13,18H2,1H3;1-3H. The van der Waals surface area contributed by atoms with Crippen LogP contribution in [-0.4, -0.2) is 22.3 Å². The summed E-state index contributed by atoms with van der Waals surface area (Å²) in [4.78, 5) is 0. The molecule has 140 valence electrons. The second-order valence-electron chi connectivity index (χ2n) is 6.80. The number of benzene rings is 2. The number of rotatable bonds is 9. The molecule has 0 aliphatic rings. The van der Waals surface area contributed by atoms with Gasteiger partial charge in [0.25, 0.3) is 0 Å². The molecule has 3 aromatic rings. The fraction of sp³-hybridized carbons (Fsp3) is 0.455. The largest absolute Gasteiger partial charge is 0.432 e. The van der Waals surface area contributed by atoms with Gasteiger partial charge in [-0.3, -0.25) is 0 Å². The van der Waals surface area contributed by atoms with Crippen molar-refractivity contribution in [1.82, 2.24) is 4.57 Å². The van der Waals surface area contributed by atoms with Gasteiger partial charge in [0.1, 0.15) is 0 Å². The first-order chi connectivity index (χ1) is 12.8. The quantitative estimate of drug-likeness (QED) is 0.412. The van der Waals surface area contributed by atoms with Gasteiger partial charge < -0.3 is 14.6 Å². The zero-order valence-corrected chi connectivity index (χ0v) is 16.0. The van der Waals surface area contributed by atoms with E-state index < -0.39 is 7.69 Å². The number of hydrogen-bond acceptors (Lipinski definition) is 2. The van der Waals surface area contributed by atoms with Crippen molar-refractivity contribution in [2.75, 3.05) is 0 Å². The van der Waals surface area contributed by atoms with Gasteiger partial charge in [0.2, 0.25) is 0 Å². The molecular formula is C22H32BNO2. The molecule has 3 rings (SSSR count). The normalized spacial score (nSPS) is 10.7. The lowest BCUT2D eigenvalue weighted by Crippen LogP contribution is -1.97. The summed E-state index contributed by atoms with van der Waals surface area (Å²) in [5, 5.41) is 17.0. The van der Waals surface area contributed by atoms with E-state index in [1.165, 1.54) is 73.2 Å². The van der Waals surface area contributed by atoms with Crippen molar-refractivity contribution in [2.45, 2.75) is 64.8 Å². The van der Waals surface area contributed by atoms with Gasteiger partial charge in [0.15, 0.2) is 0 Å². The van der Waals surface area contributed by atoms with Crippen LogP contribution in [0.3, 0.4) is 0 Å². The molecule has 0 amide bonds. The summed E-state index contributed by atoms with van der Waals surface area (Å²) < 4.78 is 2.52. The fourth-order valence-electron chi connectivity index (χ4n) is 3.65. The lowest BCUT2D eigenvalue weighted by molar-refractivity contribution is 0.448. The van der Waals surface area contributed by atoms with Crippen LogP contribution in [0.25, 0.3) is 21.8 Å². The average Bonchev–Trinajstić information content (AvgIpc) is 2.99. The average molecular weight is 353 g/mol. The zero-order valence-electron chi connectivity index (χ0n) is 16.0. The lowest BCUT2D eigenvalue weighted by Gasteiger charge is -2.07. The topological polar surface area (TPSA) is 45.4 Å². The Hall–Kier alpha value is -1.78. The SMILES string of the molecule is CCCCCCCCCCn1c2ccccc2c2ccccc21.OBO. The molecule has 26 heavy (non-hydrogen) atoms. The first kappa shape index (κ1) is 20.5. The van der Waals surface area contributed by atoms with Crippen molar-refractivity contribution in [1.29, 1.82) is 0 Å². The summed E-state index contributed by atoms with van der Waals surface area (Å²) in [5.74, 6) is 0. The summed E-state index contributed by atoms with van der Waals surface area (Å²) in [6.45, 7) is 3.43. The minimum atomic E-state index is -0.750. The molecule has 0 radical (unpaired) electrons. The molecule has 0 saturated carbocycles. The van der Waals surface area contributed by atoms with Gasteiger partial charge in [-0.15, -0.1) is 0 Å². The lowest BCUT2D eigenvalue weighted by atomic mass is 10.1. The van der Waals surface area contributed by atoms with E-state index in [2.05, 4.69) is 60.0 Å². The Labute approximate surface area is 158 Å². The molecule has 0 fully saturated rings. The van der Waals surface area contributed by atoms with Crippen molar-refractivity contribution in [3.05, 3.63) is 48.5 Å². The Balaban J connectivity index is 0.000000758. The van der Waals surface area contributed by atoms with Crippen molar-refractivity contribution in [3.63, 3.8) is 0 Å². The van der Waals surface area contributed by atoms with E-state index in [9.17, 15) is 0 Å². The van der Waals surface area contributed by atoms with Crippen molar-refractivity contribution in [2.24, 2.45) is 0 Å². The van der Waals surface area contributed by atoms with Crippen LogP contribution in [0.2, 0.25) is 0 Å². The van der Waals surface area contributed by atoms with Crippen LogP contribution < -0.4 is 0 Å². The molecule has 4 heteroatoms. The molecule has 1 heterocycles. The van der Waals surface area contributed by atoms with E-state index in [1.54, 1.807) is 0 Å². The molecule has 0 bridgehead atoms. The number of para-hydroxylation sites is 2. The van der Waals surface area contributed by atoms with Gasteiger partial charge in [0, 0.05) is 28.4 Å². The van der Waals surface area contributed by atoms with Gasteiger partial charge in [-0.1, -0.05) is 88.3 Å². The molecule has 2 N–H and O–H groups in total. The highest BCUT2D eigenvalue weighted by Crippen LogP contribution is 2.29. The van der Waals surface area contributed by atoms with Gasteiger partial charge in [0.05, 0.1) is 0 Å². The minimum absolute atomic E-state index is 0.750. The van der Waals surface area contributed by atoms with Crippen LogP contribution in [0, 0.1) is 0 Å². The van der Waals surface area contributed by atoms with E-state index in [4.69, 9.17) is 10.0 Å². The maximum Gasteiger partial charge on any atom is 0.432 e. The van der Waals surface area contributed by atoms with Crippen molar-refractivity contribution >= 4 is 29.5 Å². The molecule has 0 aliphatic heterocycles. The van der Waals surface area contributed by atoms with E-state index in [-0.39, 0.29) is 0 Å². The molecule has 0 unspecified atom stereocenters. The van der Waals surface area contributed by atoms with Crippen LogP contribution in [0.4, 0.5) is 0 Å². The van der Waals surface area contributed by atoms with E-state index in [0.29, 0.717) is 0 Å². The number of nitrogens with zero attached hydrogens (tertiary/aromatic N) is 1. The third-order valence-electron chi connectivity index (χ3n) is 4.92. The Morgan fingerprint density at radius 3 is 1.62 bits per heavy atom. The van der Waals surface area contributed by atoms with Crippen molar-refractivity contribution < 1.29 is 10.0 Å². The minimum Gasteiger partial charge on any atom is -0.430 e. The molecule has 1 aromatic heterocycles. The third kappa shape index (κ3) is 5.62. The highest BCUT2D eigenvalue weighted by Gasteiger charge is 2.08. The Bertz CT molecular complexity index is 716. The molecule has 2 aromatic carbocycles. The number of unbranched alkanes of at least 4 members (excludes halogenated alkanes) is 7. The predicted molar refractivity (Wildman–Crippen MR) is 114 cm³/mol. The Morgan fingerprint density at radius 1 is 0.692 bits per heavy atom. The van der Waals surface area contributed by atoms with Crippen LogP contribution >= 0.6 is 0 Å². The van der Waals surface area contributed by atoms with Gasteiger partial charge in [-0.05, 0) is 18.6 Å². The van der Waals surface area contributed by atoms with Crippen LogP contribution in [0.1, 0.15) is 58.3 Å². The maximum atomic E-state index is 7.12. The second-order valence-corrected chi connectivity index (χ2v) is 6.80. The monoisotopic (exact) mass is 353 g/mol. The van der Waals surface area contributed by atoms with Crippen molar-refractivity contribution in [3.8, 4) is 0 Å². The molecular weight excluding hydrogens is 321 g/mol. The van der Waals surface area contributed by atoms with E-state index in [0.717, 1.165) is 6.54 Å². The molecule has 0 aliphatic carbocycles. The van der Waals surface area contributed by atoms with E-state index >= 15 is 0 Å². The summed E-state index contributed by atoms with van der Waals surface area (Å²) in [6.07, 6.45) is 11.0. The Morgan fingerprint density at radius 2 is 1.12 bits per heavy atom. The maximum absolute atomic E-state index is 7.12. The highest BCUT2D eigenvalue weighted by molar-refractivity contribution is 6.13.